The molecule has 0 saturated carbocycles. The SMILES string of the molecule is Cc1cc(C)cc(OCCNC(=O)[C@@H](C)N(c2cccc(C(F)(F)F)c2)S(C)(=O)=O)c1. The van der Waals surface area contributed by atoms with Gasteiger partial charge in [0, 0.05) is 0 Å². The number of aryl methyl sites for hydroxylation is 2. The second-order valence-electron chi connectivity index (χ2n) is 7.25. The topological polar surface area (TPSA) is 75.7 Å². The van der Waals surface area contributed by atoms with Gasteiger partial charge >= 0.3 is 6.18 Å². The Hall–Kier alpha value is -2.75. The van der Waals surface area contributed by atoms with E-state index in [1.807, 2.05) is 32.0 Å². The number of amides is 1. The molecule has 0 unspecified atom stereocenters. The van der Waals surface area contributed by atoms with Crippen molar-refractivity contribution in [3.05, 3.63) is 59.2 Å². The lowest BCUT2D eigenvalue weighted by Crippen LogP contribution is -2.48. The van der Waals surface area contributed by atoms with Crippen LogP contribution >= 0.6 is 0 Å². The summed E-state index contributed by atoms with van der Waals surface area (Å²) in [7, 11) is -4.03. The first kappa shape index (κ1) is 24.5. The summed E-state index contributed by atoms with van der Waals surface area (Å²) in [5.41, 5.74) is 0.801. The van der Waals surface area contributed by atoms with Gasteiger partial charge in [0.05, 0.1) is 24.1 Å². The van der Waals surface area contributed by atoms with Gasteiger partial charge in [-0.05, 0) is 62.2 Å². The van der Waals surface area contributed by atoms with E-state index in [-0.39, 0.29) is 18.8 Å². The van der Waals surface area contributed by atoms with Gasteiger partial charge in [-0.25, -0.2) is 8.42 Å². The number of hydrogen-bond acceptors (Lipinski definition) is 4. The molecule has 31 heavy (non-hydrogen) atoms. The summed E-state index contributed by atoms with van der Waals surface area (Å²) in [6.07, 6.45) is -3.81. The van der Waals surface area contributed by atoms with E-state index in [9.17, 15) is 26.4 Å². The minimum absolute atomic E-state index is 0.0936. The van der Waals surface area contributed by atoms with Gasteiger partial charge in [-0.1, -0.05) is 12.1 Å². The number of benzene rings is 2. The molecule has 0 aliphatic carbocycles. The van der Waals surface area contributed by atoms with Gasteiger partial charge in [0.1, 0.15) is 18.4 Å². The number of nitrogens with one attached hydrogen (secondary N) is 1. The van der Waals surface area contributed by atoms with E-state index >= 15 is 0 Å². The molecule has 6 nitrogen and oxygen atoms in total. The Labute approximate surface area is 180 Å². The fourth-order valence-corrected chi connectivity index (χ4v) is 4.30. The molecule has 2 rings (SSSR count). The largest absolute Gasteiger partial charge is 0.492 e. The number of sulfonamides is 1. The Balaban J connectivity index is 2.08. The number of carbonyl (C=O) groups excluding carboxylic acids is 1. The first-order valence-electron chi connectivity index (χ1n) is 9.44. The molecule has 0 radical (unpaired) electrons. The van der Waals surface area contributed by atoms with Crippen LogP contribution in [0.2, 0.25) is 0 Å². The van der Waals surface area contributed by atoms with E-state index in [0.29, 0.717) is 16.1 Å². The van der Waals surface area contributed by atoms with Gasteiger partial charge in [-0.2, -0.15) is 13.2 Å². The number of anilines is 1. The maximum absolute atomic E-state index is 13.0. The third-order valence-electron chi connectivity index (χ3n) is 4.38. The van der Waals surface area contributed by atoms with Crippen LogP contribution in [0.3, 0.4) is 0 Å². The van der Waals surface area contributed by atoms with Crippen LogP contribution < -0.4 is 14.4 Å². The number of alkyl halides is 3. The van der Waals surface area contributed by atoms with E-state index < -0.39 is 33.7 Å². The van der Waals surface area contributed by atoms with Crippen LogP contribution in [-0.4, -0.2) is 39.8 Å². The molecule has 0 heterocycles. The monoisotopic (exact) mass is 458 g/mol. The molecule has 2 aromatic rings. The van der Waals surface area contributed by atoms with E-state index in [0.717, 1.165) is 29.5 Å². The van der Waals surface area contributed by atoms with Crippen molar-refractivity contribution in [2.75, 3.05) is 23.7 Å². The molecular formula is C21H25F3N2O4S. The summed E-state index contributed by atoms with van der Waals surface area (Å²) < 4.78 is 69.8. The third-order valence-corrected chi connectivity index (χ3v) is 5.62. The predicted octanol–water partition coefficient (Wildman–Crippen LogP) is 3.67. The normalized spacial score (nSPS) is 12.9. The lowest BCUT2D eigenvalue weighted by atomic mass is 10.1. The first-order valence-corrected chi connectivity index (χ1v) is 11.3. The lowest BCUT2D eigenvalue weighted by molar-refractivity contribution is -0.137. The van der Waals surface area contributed by atoms with Gasteiger partial charge in [0.25, 0.3) is 0 Å². The van der Waals surface area contributed by atoms with Crippen LogP contribution in [0.5, 0.6) is 5.75 Å². The summed E-state index contributed by atoms with van der Waals surface area (Å²) in [6.45, 7) is 5.40. The zero-order valence-electron chi connectivity index (χ0n) is 17.7. The second kappa shape index (κ2) is 9.59. The molecule has 0 fully saturated rings. The molecule has 0 aliphatic heterocycles. The van der Waals surface area contributed by atoms with Crippen molar-refractivity contribution < 1.29 is 31.1 Å². The van der Waals surface area contributed by atoms with Crippen LogP contribution in [0.4, 0.5) is 18.9 Å². The average Bonchev–Trinajstić information content (AvgIpc) is 2.62. The average molecular weight is 459 g/mol. The molecule has 0 spiro atoms. The fraction of sp³-hybridized carbons (Fsp3) is 0.381. The summed E-state index contributed by atoms with van der Waals surface area (Å²) in [5, 5.41) is 2.56. The lowest BCUT2D eigenvalue weighted by Gasteiger charge is -2.28. The molecule has 2 aromatic carbocycles. The van der Waals surface area contributed by atoms with Gasteiger partial charge in [-0.15, -0.1) is 0 Å². The third kappa shape index (κ3) is 6.88. The molecular weight excluding hydrogens is 433 g/mol. The number of rotatable bonds is 8. The van der Waals surface area contributed by atoms with Gasteiger partial charge in [-0.3, -0.25) is 9.10 Å². The van der Waals surface area contributed by atoms with Crippen molar-refractivity contribution >= 4 is 21.6 Å². The predicted molar refractivity (Wildman–Crippen MR) is 113 cm³/mol. The molecule has 0 aromatic heterocycles. The fourth-order valence-electron chi connectivity index (χ4n) is 3.14. The number of nitrogens with zero attached hydrogens (tertiary/aromatic N) is 1. The zero-order valence-corrected chi connectivity index (χ0v) is 18.5. The summed E-state index contributed by atoms with van der Waals surface area (Å²) in [4.78, 5) is 12.5. The number of hydrogen-bond donors (Lipinski definition) is 1. The van der Waals surface area contributed by atoms with Gasteiger partial charge in [0.2, 0.25) is 15.9 Å². The molecule has 10 heteroatoms. The van der Waals surface area contributed by atoms with E-state index in [1.165, 1.54) is 13.0 Å². The van der Waals surface area contributed by atoms with Crippen LogP contribution in [0.15, 0.2) is 42.5 Å². The standard InChI is InChI=1S/C21H25F3N2O4S/c1-14-10-15(2)12-19(11-14)30-9-8-25-20(27)16(3)26(31(4,28)29)18-7-5-6-17(13-18)21(22,23)24/h5-7,10-13,16H,8-9H2,1-4H3,(H,25,27)/t16-/m1/s1. The van der Waals surface area contributed by atoms with Crippen LogP contribution in [-0.2, 0) is 21.0 Å². The second-order valence-corrected chi connectivity index (χ2v) is 9.11. The van der Waals surface area contributed by atoms with Crippen LogP contribution in [0.1, 0.15) is 23.6 Å². The van der Waals surface area contributed by atoms with Gasteiger partial charge in [0.15, 0.2) is 0 Å². The highest BCUT2D eigenvalue weighted by Gasteiger charge is 2.34. The van der Waals surface area contributed by atoms with Crippen molar-refractivity contribution in [2.24, 2.45) is 0 Å². The van der Waals surface area contributed by atoms with E-state index in [2.05, 4.69) is 5.32 Å². The van der Waals surface area contributed by atoms with Crippen LogP contribution in [0, 0.1) is 13.8 Å². The number of halogens is 3. The van der Waals surface area contributed by atoms with Crippen molar-refractivity contribution in [1.29, 1.82) is 0 Å². The molecule has 0 aliphatic rings. The number of ether oxygens (including phenoxy) is 1. The maximum Gasteiger partial charge on any atom is 0.416 e. The Morgan fingerprint density at radius 3 is 2.29 bits per heavy atom. The molecule has 170 valence electrons. The maximum atomic E-state index is 13.0. The molecule has 1 N–H and O–H groups in total. The molecule has 0 bridgehead atoms. The van der Waals surface area contributed by atoms with Crippen molar-refractivity contribution in [1.82, 2.24) is 5.32 Å². The Kier molecular flexibility index (Phi) is 7.58. The molecule has 1 amide bonds. The summed E-state index contributed by atoms with van der Waals surface area (Å²) in [6, 6.07) is 8.26. The molecule has 0 saturated heterocycles. The van der Waals surface area contributed by atoms with E-state index in [1.54, 1.807) is 0 Å². The van der Waals surface area contributed by atoms with Crippen molar-refractivity contribution in [3.8, 4) is 5.75 Å². The number of carbonyl (C=O) groups is 1. The van der Waals surface area contributed by atoms with E-state index in [4.69, 9.17) is 4.74 Å². The zero-order chi connectivity index (χ0) is 23.4. The minimum Gasteiger partial charge on any atom is -0.492 e. The summed E-state index contributed by atoms with van der Waals surface area (Å²) >= 11 is 0. The highest BCUT2D eigenvalue weighted by molar-refractivity contribution is 7.92. The highest BCUT2D eigenvalue weighted by atomic mass is 32.2. The first-order chi connectivity index (χ1) is 14.3. The van der Waals surface area contributed by atoms with Crippen LogP contribution in [0.25, 0.3) is 0 Å². The highest BCUT2D eigenvalue weighted by Crippen LogP contribution is 2.32. The smallest absolute Gasteiger partial charge is 0.416 e. The molecule has 1 atom stereocenters. The van der Waals surface area contributed by atoms with Gasteiger partial charge < -0.3 is 10.1 Å². The van der Waals surface area contributed by atoms with Crippen molar-refractivity contribution in [3.63, 3.8) is 0 Å². The summed E-state index contributed by atoms with van der Waals surface area (Å²) in [5.74, 6) is -0.0200. The quantitative estimate of drug-likeness (QED) is 0.613. The Bertz CT molecular complexity index is 1020. The Morgan fingerprint density at radius 2 is 1.74 bits per heavy atom. The van der Waals surface area contributed by atoms with Crippen molar-refractivity contribution in [2.45, 2.75) is 33.0 Å². The Morgan fingerprint density at radius 1 is 1.13 bits per heavy atom. The minimum atomic E-state index is -4.64.